The standard InChI is InChI=1S/C30H18Cl2F10O/c1-3-27(31)13-19(33)25(23(35)21(27)15-9-5-7-11-17(15)29(37,38)39)43-26-20(34)14-28(32,4-2)22(24(26)36)16-10-6-8-12-18(16)30(40,41)42/h3-14,25-26H,1-2H2. The molecule has 0 N–H and O–H groups in total. The average Bonchev–Trinajstić information content (AvgIpc) is 2.91. The molecule has 4 rings (SSSR count). The second kappa shape index (κ2) is 11.3. The monoisotopic (exact) mass is 654 g/mol. The number of alkyl halides is 8. The molecule has 0 saturated heterocycles. The Balaban J connectivity index is 1.92. The molecule has 0 amide bonds. The van der Waals surface area contributed by atoms with Crippen LogP contribution in [0, 0.1) is 0 Å². The van der Waals surface area contributed by atoms with Crippen LogP contribution in [-0.4, -0.2) is 22.0 Å². The molecule has 0 heterocycles. The van der Waals surface area contributed by atoms with Gasteiger partial charge < -0.3 is 4.74 Å². The van der Waals surface area contributed by atoms with E-state index in [1.54, 1.807) is 0 Å². The molecule has 43 heavy (non-hydrogen) atoms. The molecule has 2 aliphatic rings. The van der Waals surface area contributed by atoms with Crippen molar-refractivity contribution < 1.29 is 48.6 Å². The summed E-state index contributed by atoms with van der Waals surface area (Å²) in [7, 11) is 0. The number of halogens is 12. The first-order valence-corrected chi connectivity index (χ1v) is 12.9. The first-order valence-electron chi connectivity index (χ1n) is 12.1. The number of benzene rings is 2. The minimum atomic E-state index is -5.04. The fraction of sp³-hybridized carbons (Fsp3) is 0.200. The molecule has 0 spiro atoms. The van der Waals surface area contributed by atoms with E-state index in [4.69, 9.17) is 27.9 Å². The van der Waals surface area contributed by atoms with Crippen molar-refractivity contribution in [2.75, 3.05) is 0 Å². The zero-order chi connectivity index (χ0) is 32.1. The fourth-order valence-corrected chi connectivity index (χ4v) is 5.43. The van der Waals surface area contributed by atoms with Crippen molar-refractivity contribution in [3.05, 3.63) is 132 Å². The first kappa shape index (κ1) is 32.6. The third kappa shape index (κ3) is 5.82. The van der Waals surface area contributed by atoms with Crippen LogP contribution >= 0.6 is 23.2 Å². The van der Waals surface area contributed by atoms with Crippen LogP contribution in [-0.2, 0) is 17.1 Å². The minimum absolute atomic E-state index is 0.444. The normalized spacial score (nSPS) is 26.7. The summed E-state index contributed by atoms with van der Waals surface area (Å²) in [6, 6.07) is 7.12. The number of allylic oxidation sites excluding steroid dienone is 6. The number of hydrogen-bond acceptors (Lipinski definition) is 1. The largest absolute Gasteiger partial charge is 0.416 e. The lowest BCUT2D eigenvalue weighted by Crippen LogP contribution is -2.36. The Kier molecular flexibility index (Phi) is 8.60. The molecule has 2 aromatic rings. The van der Waals surface area contributed by atoms with Gasteiger partial charge >= 0.3 is 12.4 Å². The van der Waals surface area contributed by atoms with Gasteiger partial charge in [-0.05, 0) is 35.4 Å². The van der Waals surface area contributed by atoms with Crippen LogP contribution in [0.15, 0.2) is 109 Å². The molecule has 1 nitrogen and oxygen atoms in total. The Morgan fingerprint density at radius 2 is 0.953 bits per heavy atom. The summed E-state index contributed by atoms with van der Waals surface area (Å²) in [5.41, 5.74) is -6.40. The Labute approximate surface area is 248 Å². The molecular weight excluding hydrogens is 637 g/mol. The maximum Gasteiger partial charge on any atom is 0.416 e. The zero-order valence-corrected chi connectivity index (χ0v) is 23.0. The highest BCUT2D eigenvalue weighted by atomic mass is 35.5. The van der Waals surface area contributed by atoms with E-state index in [-0.39, 0.29) is 0 Å². The second-order valence-corrected chi connectivity index (χ2v) is 10.7. The molecule has 4 unspecified atom stereocenters. The SMILES string of the molecule is C=CC1(Cl)C=C(F)C(OC2C(F)=CC(Cl)(C=C)C(c3ccccc3C(F)(F)F)=C2F)C(F)=C1c1ccccc1C(F)(F)F. The van der Waals surface area contributed by atoms with Crippen LogP contribution in [0.3, 0.4) is 0 Å². The minimum Gasteiger partial charge on any atom is -0.346 e. The summed E-state index contributed by atoms with van der Waals surface area (Å²) in [4.78, 5) is -4.81. The predicted octanol–water partition coefficient (Wildman–Crippen LogP) is 10.6. The van der Waals surface area contributed by atoms with Gasteiger partial charge in [0.05, 0.1) is 11.1 Å². The van der Waals surface area contributed by atoms with Crippen molar-refractivity contribution >= 4 is 34.3 Å². The molecule has 2 aliphatic carbocycles. The van der Waals surface area contributed by atoms with Gasteiger partial charge in [-0.1, -0.05) is 48.6 Å². The Bertz CT molecular complexity index is 1480. The van der Waals surface area contributed by atoms with E-state index in [1.807, 2.05) is 0 Å². The molecule has 0 saturated carbocycles. The highest BCUT2D eigenvalue weighted by Crippen LogP contribution is 2.52. The van der Waals surface area contributed by atoms with Gasteiger partial charge in [-0.2, -0.15) is 26.3 Å². The van der Waals surface area contributed by atoms with Gasteiger partial charge in [-0.3, -0.25) is 0 Å². The molecule has 0 fully saturated rings. The van der Waals surface area contributed by atoms with Crippen molar-refractivity contribution in [1.29, 1.82) is 0 Å². The molecule has 228 valence electrons. The molecule has 13 heteroatoms. The van der Waals surface area contributed by atoms with Crippen molar-refractivity contribution in [2.24, 2.45) is 0 Å². The van der Waals surface area contributed by atoms with Crippen LogP contribution in [0.25, 0.3) is 11.1 Å². The summed E-state index contributed by atoms with van der Waals surface area (Å²) in [6.45, 7) is 6.67. The number of hydrogen-bond donors (Lipinski definition) is 0. The van der Waals surface area contributed by atoms with E-state index in [0.29, 0.717) is 24.3 Å². The zero-order valence-electron chi connectivity index (χ0n) is 21.4. The van der Waals surface area contributed by atoms with Gasteiger partial charge in [-0.25, -0.2) is 17.6 Å². The summed E-state index contributed by atoms with van der Waals surface area (Å²) in [6.07, 6.45) is -13.1. The number of rotatable bonds is 6. The van der Waals surface area contributed by atoms with Crippen molar-refractivity contribution in [3.63, 3.8) is 0 Å². The fourth-order valence-electron chi connectivity index (χ4n) is 4.84. The van der Waals surface area contributed by atoms with Gasteiger partial charge in [-0.15, -0.1) is 36.4 Å². The van der Waals surface area contributed by atoms with Crippen LogP contribution in [0.1, 0.15) is 22.3 Å². The molecule has 0 radical (unpaired) electrons. The van der Waals surface area contributed by atoms with Crippen molar-refractivity contribution in [3.8, 4) is 0 Å². The van der Waals surface area contributed by atoms with Gasteiger partial charge in [0.2, 0.25) is 0 Å². The third-order valence-corrected chi connectivity index (χ3v) is 7.68. The van der Waals surface area contributed by atoms with Crippen LogP contribution in [0.2, 0.25) is 0 Å². The molecular formula is C30H18Cl2F10O. The lowest BCUT2D eigenvalue weighted by molar-refractivity contribution is -0.138. The Hall–Kier alpha value is -3.28. The maximum absolute atomic E-state index is 16.1. The first-order chi connectivity index (χ1) is 19.9. The molecule has 0 aliphatic heterocycles. The highest BCUT2D eigenvalue weighted by molar-refractivity contribution is 6.34. The van der Waals surface area contributed by atoms with Crippen molar-refractivity contribution in [1.82, 2.24) is 0 Å². The predicted molar refractivity (Wildman–Crippen MR) is 144 cm³/mol. The van der Waals surface area contributed by atoms with Crippen LogP contribution < -0.4 is 0 Å². The van der Waals surface area contributed by atoms with E-state index in [9.17, 15) is 26.3 Å². The summed E-state index contributed by atoms with van der Waals surface area (Å²) in [5, 5.41) is 0. The van der Waals surface area contributed by atoms with Gasteiger partial charge in [0, 0.05) is 11.1 Å². The van der Waals surface area contributed by atoms with Gasteiger partial charge in [0.1, 0.15) is 33.1 Å². The van der Waals surface area contributed by atoms with E-state index in [1.165, 1.54) is 0 Å². The summed E-state index contributed by atoms with van der Waals surface area (Å²) in [5.74, 6) is -6.80. The van der Waals surface area contributed by atoms with E-state index in [2.05, 4.69) is 13.2 Å². The van der Waals surface area contributed by atoms with Gasteiger partial charge in [0.25, 0.3) is 0 Å². The smallest absolute Gasteiger partial charge is 0.346 e. The number of ether oxygens (including phenoxy) is 1. The van der Waals surface area contributed by atoms with Crippen molar-refractivity contribution in [2.45, 2.75) is 34.3 Å². The molecule has 2 aromatic carbocycles. The lowest BCUT2D eigenvalue weighted by Gasteiger charge is -2.36. The van der Waals surface area contributed by atoms with Gasteiger partial charge in [0.15, 0.2) is 12.2 Å². The lowest BCUT2D eigenvalue weighted by atomic mass is 9.82. The Morgan fingerprint density at radius 1 is 0.628 bits per heavy atom. The molecule has 0 aromatic heterocycles. The summed E-state index contributed by atoms with van der Waals surface area (Å²) >= 11 is 12.6. The maximum atomic E-state index is 16.1. The van der Waals surface area contributed by atoms with Crippen LogP contribution in [0.4, 0.5) is 43.9 Å². The van der Waals surface area contributed by atoms with E-state index < -0.39 is 91.0 Å². The van der Waals surface area contributed by atoms with E-state index in [0.717, 1.165) is 48.6 Å². The summed E-state index contributed by atoms with van der Waals surface area (Å²) < 4.78 is 151. The quantitative estimate of drug-likeness (QED) is 0.171. The molecule has 0 bridgehead atoms. The second-order valence-electron chi connectivity index (χ2n) is 9.43. The van der Waals surface area contributed by atoms with Crippen LogP contribution in [0.5, 0.6) is 0 Å². The third-order valence-electron chi connectivity index (χ3n) is 6.77. The average molecular weight is 655 g/mol. The van der Waals surface area contributed by atoms with E-state index >= 15 is 17.6 Å². The molecule has 4 atom stereocenters. The highest BCUT2D eigenvalue weighted by Gasteiger charge is 2.49. The Morgan fingerprint density at radius 3 is 1.26 bits per heavy atom. The topological polar surface area (TPSA) is 9.23 Å².